The zero-order chi connectivity index (χ0) is 18.4. The van der Waals surface area contributed by atoms with E-state index in [0.717, 1.165) is 37.1 Å². The molecule has 9 nitrogen and oxygen atoms in total. The summed E-state index contributed by atoms with van der Waals surface area (Å²) in [6.07, 6.45) is 2.43. The van der Waals surface area contributed by atoms with Gasteiger partial charge in [0.05, 0.1) is 9.82 Å². The molecule has 10 heteroatoms. The number of imide groups is 1. The van der Waals surface area contributed by atoms with Crippen LogP contribution < -0.4 is 5.32 Å². The molecule has 1 N–H and O–H groups in total. The van der Waals surface area contributed by atoms with Gasteiger partial charge in [0.1, 0.15) is 5.54 Å². The largest absolute Gasteiger partial charge is 0.339 e. The Labute approximate surface area is 144 Å². The molecule has 2 aliphatic rings. The Bertz CT molecular complexity index is 851. The minimum absolute atomic E-state index is 0.194. The molecular weight excluding hydrogens is 350 g/mol. The first-order chi connectivity index (χ1) is 11.7. The third-order valence-electron chi connectivity index (χ3n) is 4.71. The van der Waals surface area contributed by atoms with Crippen molar-refractivity contribution in [3.8, 4) is 0 Å². The van der Waals surface area contributed by atoms with E-state index in [-0.39, 0.29) is 20.8 Å². The molecule has 3 amide bonds. The summed E-state index contributed by atoms with van der Waals surface area (Å²) in [4.78, 5) is 34.7. The molecule has 0 aromatic heterocycles. The van der Waals surface area contributed by atoms with Gasteiger partial charge in [0.15, 0.2) is 0 Å². The molecule has 0 radical (unpaired) electrons. The van der Waals surface area contributed by atoms with E-state index in [1.165, 1.54) is 0 Å². The van der Waals surface area contributed by atoms with Gasteiger partial charge in [0, 0.05) is 12.1 Å². The van der Waals surface area contributed by atoms with Crippen LogP contribution >= 0.6 is 0 Å². The summed E-state index contributed by atoms with van der Waals surface area (Å²) in [5, 5.41) is 13.2. The topological polar surface area (TPSA) is 127 Å². The van der Waals surface area contributed by atoms with Gasteiger partial charge in [-0.05, 0) is 30.9 Å². The molecule has 2 fully saturated rings. The van der Waals surface area contributed by atoms with Crippen LogP contribution in [0, 0.1) is 16.0 Å². The third-order valence-corrected chi connectivity index (χ3v) is 6.39. The highest BCUT2D eigenvalue weighted by atomic mass is 32.2. The normalized spacial score (nSPS) is 26.8. The quantitative estimate of drug-likeness (QED) is 0.493. The molecule has 1 aromatic rings. The number of benzene rings is 1. The number of amides is 3. The summed E-state index contributed by atoms with van der Waals surface area (Å²) < 4.78 is 25.7. The maximum absolute atomic E-state index is 12.8. The van der Waals surface area contributed by atoms with Gasteiger partial charge in [-0.15, -0.1) is 4.31 Å². The van der Waals surface area contributed by atoms with Crippen LogP contribution in [0.1, 0.15) is 32.6 Å². The number of carbonyl (C=O) groups is 2. The Morgan fingerprint density at radius 3 is 2.48 bits per heavy atom. The summed E-state index contributed by atoms with van der Waals surface area (Å²) in [7, 11) is -4.42. The van der Waals surface area contributed by atoms with E-state index < -0.39 is 32.4 Å². The highest BCUT2D eigenvalue weighted by molar-refractivity contribution is 7.90. The Balaban J connectivity index is 1.96. The smallest absolute Gasteiger partial charge is 0.322 e. The van der Waals surface area contributed by atoms with E-state index >= 15 is 0 Å². The third kappa shape index (κ3) is 2.76. The molecule has 3 rings (SSSR count). The van der Waals surface area contributed by atoms with Crippen molar-refractivity contribution in [3.05, 3.63) is 34.4 Å². The van der Waals surface area contributed by atoms with E-state index in [1.54, 1.807) is 0 Å². The number of rotatable bonds is 3. The highest BCUT2D eigenvalue weighted by Gasteiger charge is 2.56. The van der Waals surface area contributed by atoms with Crippen molar-refractivity contribution in [2.75, 3.05) is 0 Å². The second-order valence-electron chi connectivity index (χ2n) is 6.54. The number of nitro groups is 1. The van der Waals surface area contributed by atoms with Crippen molar-refractivity contribution in [1.82, 2.24) is 9.62 Å². The molecule has 134 valence electrons. The standard InChI is InChI=1S/C15H17N3O6S/c1-10-3-2-8-15(9-10)13(19)17(14(20)16-15)25(23,24)12-6-4-11(5-7-12)18(21)22/h4-7,10H,2-3,8-9H2,1H3,(H,16,20). The second kappa shape index (κ2) is 5.80. The van der Waals surface area contributed by atoms with Crippen LogP contribution in [0.15, 0.2) is 29.2 Å². The van der Waals surface area contributed by atoms with Crippen molar-refractivity contribution < 1.29 is 22.9 Å². The van der Waals surface area contributed by atoms with Crippen molar-refractivity contribution in [1.29, 1.82) is 0 Å². The Morgan fingerprint density at radius 2 is 1.92 bits per heavy atom. The van der Waals surface area contributed by atoms with Crippen LogP contribution in [0.4, 0.5) is 10.5 Å². The summed E-state index contributed by atoms with van der Waals surface area (Å²) in [6.45, 7) is 1.95. The maximum atomic E-state index is 12.8. The zero-order valence-corrected chi connectivity index (χ0v) is 14.3. The molecule has 1 saturated carbocycles. The average Bonchev–Trinajstić information content (AvgIpc) is 2.77. The van der Waals surface area contributed by atoms with Crippen LogP contribution in [0.3, 0.4) is 0 Å². The number of sulfonamides is 1. The molecule has 1 aliphatic heterocycles. The lowest BCUT2D eigenvalue weighted by molar-refractivity contribution is -0.384. The molecule has 1 spiro atoms. The highest BCUT2D eigenvalue weighted by Crippen LogP contribution is 2.38. The van der Waals surface area contributed by atoms with Crippen molar-refractivity contribution in [2.45, 2.75) is 43.0 Å². The van der Waals surface area contributed by atoms with Crippen molar-refractivity contribution in [3.63, 3.8) is 0 Å². The minimum Gasteiger partial charge on any atom is -0.322 e. The van der Waals surface area contributed by atoms with Crippen LogP contribution in [0.25, 0.3) is 0 Å². The first kappa shape index (κ1) is 17.3. The van der Waals surface area contributed by atoms with Crippen LogP contribution in [-0.2, 0) is 14.8 Å². The number of nitrogens with one attached hydrogen (secondary N) is 1. The number of hydrogen-bond donors (Lipinski definition) is 1. The van der Waals surface area contributed by atoms with Crippen molar-refractivity contribution >= 4 is 27.6 Å². The fraction of sp³-hybridized carbons (Fsp3) is 0.467. The molecular formula is C15H17N3O6S. The molecule has 1 aliphatic carbocycles. The summed E-state index contributed by atoms with van der Waals surface area (Å²) in [6, 6.07) is 3.09. The van der Waals surface area contributed by atoms with Gasteiger partial charge in [0.25, 0.3) is 21.6 Å². The fourth-order valence-electron chi connectivity index (χ4n) is 3.52. The Kier molecular flexibility index (Phi) is 4.02. The van der Waals surface area contributed by atoms with Crippen LogP contribution in [0.5, 0.6) is 0 Å². The van der Waals surface area contributed by atoms with E-state index in [9.17, 15) is 28.1 Å². The summed E-state index contributed by atoms with van der Waals surface area (Å²) >= 11 is 0. The number of nitrogens with zero attached hydrogens (tertiary/aromatic N) is 2. The van der Waals surface area contributed by atoms with E-state index in [4.69, 9.17) is 0 Å². The molecule has 25 heavy (non-hydrogen) atoms. The molecule has 0 bridgehead atoms. The van der Waals surface area contributed by atoms with Gasteiger partial charge in [-0.1, -0.05) is 19.8 Å². The first-order valence-electron chi connectivity index (χ1n) is 7.84. The second-order valence-corrected chi connectivity index (χ2v) is 8.33. The maximum Gasteiger partial charge on any atom is 0.339 e. The van der Waals surface area contributed by atoms with Gasteiger partial charge in [0.2, 0.25) is 0 Å². The lowest BCUT2D eigenvalue weighted by Gasteiger charge is -2.34. The van der Waals surface area contributed by atoms with Gasteiger partial charge >= 0.3 is 6.03 Å². The van der Waals surface area contributed by atoms with Gasteiger partial charge < -0.3 is 5.32 Å². The molecule has 2 unspecified atom stereocenters. The Morgan fingerprint density at radius 1 is 1.28 bits per heavy atom. The SMILES string of the molecule is CC1CCCC2(C1)NC(=O)N(S(=O)(=O)c1ccc([N+](=O)[O-])cc1)C2=O. The van der Waals surface area contributed by atoms with Gasteiger partial charge in [-0.25, -0.2) is 13.2 Å². The minimum atomic E-state index is -4.42. The average molecular weight is 367 g/mol. The number of nitro benzene ring substituents is 1. The Hall–Kier alpha value is -2.49. The number of carbonyl (C=O) groups excluding carboxylic acids is 2. The molecule has 1 saturated heterocycles. The van der Waals surface area contributed by atoms with Gasteiger partial charge in [-0.2, -0.15) is 0 Å². The predicted octanol–water partition coefficient (Wildman–Crippen LogP) is 1.78. The zero-order valence-electron chi connectivity index (χ0n) is 13.5. The van der Waals surface area contributed by atoms with Gasteiger partial charge in [-0.3, -0.25) is 14.9 Å². The van der Waals surface area contributed by atoms with Crippen LogP contribution in [0.2, 0.25) is 0 Å². The number of hydrogen-bond acceptors (Lipinski definition) is 6. The predicted molar refractivity (Wildman–Crippen MR) is 86.0 cm³/mol. The first-order valence-corrected chi connectivity index (χ1v) is 9.28. The van der Waals surface area contributed by atoms with Crippen LogP contribution in [-0.4, -0.2) is 35.1 Å². The number of non-ortho nitro benzene ring substituents is 1. The molecule has 1 aromatic carbocycles. The lowest BCUT2D eigenvalue weighted by atomic mass is 9.76. The van der Waals surface area contributed by atoms with E-state index in [2.05, 4.69) is 5.32 Å². The molecule has 2 atom stereocenters. The fourth-order valence-corrected chi connectivity index (χ4v) is 4.87. The van der Waals surface area contributed by atoms with E-state index in [0.29, 0.717) is 12.8 Å². The summed E-state index contributed by atoms with van der Waals surface area (Å²) in [5.74, 6) is -0.581. The monoisotopic (exact) mass is 367 g/mol. The number of urea groups is 1. The molecule has 1 heterocycles. The lowest BCUT2D eigenvalue weighted by Crippen LogP contribution is -2.50. The van der Waals surface area contributed by atoms with E-state index in [1.807, 2.05) is 6.92 Å². The van der Waals surface area contributed by atoms with Crippen molar-refractivity contribution in [2.24, 2.45) is 5.92 Å². The summed E-state index contributed by atoms with van der Waals surface area (Å²) in [5.41, 5.74) is -1.46.